The Labute approximate surface area is 186 Å². The molecule has 1 aliphatic rings. The number of nitrogens with one attached hydrogen (secondary N) is 1. The Morgan fingerprint density at radius 2 is 2.06 bits per heavy atom. The van der Waals surface area contributed by atoms with Crippen molar-refractivity contribution < 1.29 is 9.21 Å². The second-order valence-corrected chi connectivity index (χ2v) is 8.60. The molecule has 0 unspecified atom stereocenters. The highest BCUT2D eigenvalue weighted by atomic mass is 16.3. The van der Waals surface area contributed by atoms with Crippen molar-refractivity contribution in [3.8, 4) is 11.3 Å². The normalized spacial score (nSPS) is 18.7. The number of carbonyl (C=O) groups is 1. The Morgan fingerprint density at radius 3 is 2.81 bits per heavy atom. The molecule has 0 radical (unpaired) electrons. The molecule has 5 rings (SSSR count). The number of rotatable bonds is 6. The Hall–Kier alpha value is -3.48. The summed E-state index contributed by atoms with van der Waals surface area (Å²) < 4.78 is 7.28. The number of hydrogen-bond donors (Lipinski definition) is 1. The van der Waals surface area contributed by atoms with Gasteiger partial charge in [-0.25, -0.2) is 9.50 Å². The molecule has 1 saturated carbocycles. The highest BCUT2D eigenvalue weighted by Crippen LogP contribution is 2.37. The zero-order valence-electron chi connectivity index (χ0n) is 18.2. The van der Waals surface area contributed by atoms with E-state index in [-0.39, 0.29) is 5.91 Å². The van der Waals surface area contributed by atoms with Crippen LogP contribution in [0.4, 0.5) is 0 Å². The summed E-state index contributed by atoms with van der Waals surface area (Å²) in [5.41, 5.74) is 3.68. The van der Waals surface area contributed by atoms with Crippen LogP contribution < -0.4 is 5.32 Å². The van der Waals surface area contributed by atoms with Crippen LogP contribution >= 0.6 is 0 Å². The molecule has 32 heavy (non-hydrogen) atoms. The first-order valence-electron chi connectivity index (χ1n) is 11.3. The zero-order valence-corrected chi connectivity index (χ0v) is 18.2. The topological polar surface area (TPSA) is 85.3 Å². The molecule has 7 heteroatoms. The minimum Gasteiger partial charge on any atom is -0.469 e. The summed E-state index contributed by atoms with van der Waals surface area (Å²) in [4.78, 5) is 21.8. The van der Waals surface area contributed by atoms with Crippen LogP contribution in [0.2, 0.25) is 0 Å². The highest BCUT2D eigenvalue weighted by molar-refractivity contribution is 5.99. The smallest absolute Gasteiger partial charge is 0.256 e. The van der Waals surface area contributed by atoms with E-state index in [0.717, 1.165) is 42.0 Å². The molecule has 1 N–H and O–H groups in total. The third-order valence-corrected chi connectivity index (χ3v) is 6.48. The van der Waals surface area contributed by atoms with Gasteiger partial charge in [0.2, 0.25) is 0 Å². The van der Waals surface area contributed by atoms with Gasteiger partial charge in [-0.1, -0.05) is 0 Å². The molecule has 0 spiro atoms. The number of hydrogen-bond acceptors (Lipinski definition) is 5. The molecule has 164 valence electrons. The fourth-order valence-electron chi connectivity index (χ4n) is 4.68. The van der Waals surface area contributed by atoms with E-state index < -0.39 is 0 Å². The van der Waals surface area contributed by atoms with Crippen molar-refractivity contribution in [2.24, 2.45) is 5.92 Å². The zero-order chi connectivity index (χ0) is 21.9. The molecule has 4 aromatic rings. The first kappa shape index (κ1) is 20.4. The first-order valence-corrected chi connectivity index (χ1v) is 11.3. The van der Waals surface area contributed by atoms with E-state index >= 15 is 0 Å². The van der Waals surface area contributed by atoms with E-state index in [2.05, 4.69) is 21.5 Å². The largest absolute Gasteiger partial charge is 0.469 e. The second-order valence-electron chi connectivity index (χ2n) is 8.60. The summed E-state index contributed by atoms with van der Waals surface area (Å²) in [6.07, 6.45) is 12.5. The molecule has 0 bridgehead atoms. The number of carbonyl (C=O) groups excluding carboxylic acids is 1. The number of furan rings is 1. The predicted octanol–water partition coefficient (Wildman–Crippen LogP) is 4.79. The summed E-state index contributed by atoms with van der Waals surface area (Å²) in [6.45, 7) is 2.62. The van der Waals surface area contributed by atoms with Gasteiger partial charge in [-0.3, -0.25) is 9.78 Å². The summed E-state index contributed by atoms with van der Waals surface area (Å²) in [5, 5.41) is 7.45. The molecular formula is C25H27N5O2. The van der Waals surface area contributed by atoms with Gasteiger partial charge < -0.3 is 9.73 Å². The Balaban J connectivity index is 1.21. The third kappa shape index (κ3) is 4.15. The van der Waals surface area contributed by atoms with Crippen molar-refractivity contribution in [3.63, 3.8) is 0 Å². The van der Waals surface area contributed by atoms with E-state index in [9.17, 15) is 4.79 Å². The molecule has 1 fully saturated rings. The number of aryl methyl sites for hydroxylation is 1. The Kier molecular flexibility index (Phi) is 5.71. The first-order chi connectivity index (χ1) is 15.7. The Bertz CT molecular complexity index is 1190. The predicted molar refractivity (Wildman–Crippen MR) is 121 cm³/mol. The molecule has 4 aromatic heterocycles. The maximum atomic E-state index is 12.9. The summed E-state index contributed by atoms with van der Waals surface area (Å²) in [7, 11) is 0. The van der Waals surface area contributed by atoms with Gasteiger partial charge in [0.15, 0.2) is 5.65 Å². The van der Waals surface area contributed by atoms with E-state index in [0.29, 0.717) is 29.6 Å². The van der Waals surface area contributed by atoms with Gasteiger partial charge in [0, 0.05) is 36.1 Å². The van der Waals surface area contributed by atoms with Crippen molar-refractivity contribution in [1.29, 1.82) is 0 Å². The lowest BCUT2D eigenvalue weighted by atomic mass is 9.79. The lowest BCUT2D eigenvalue weighted by Crippen LogP contribution is -2.27. The fraction of sp³-hybridized carbons (Fsp3) is 0.360. The van der Waals surface area contributed by atoms with E-state index in [4.69, 9.17) is 9.40 Å². The molecule has 0 aromatic carbocycles. The number of nitrogens with zero attached hydrogens (tertiary/aromatic N) is 4. The van der Waals surface area contributed by atoms with Crippen molar-refractivity contribution in [1.82, 2.24) is 24.9 Å². The molecule has 1 aliphatic carbocycles. The molecule has 0 saturated heterocycles. The van der Waals surface area contributed by atoms with Crippen LogP contribution in [0.5, 0.6) is 0 Å². The number of fused-ring (bicyclic) bond motifs is 1. The van der Waals surface area contributed by atoms with Gasteiger partial charge in [-0.2, -0.15) is 5.10 Å². The standard InChI is InChI=1S/C25H27N5O2/c1-17-14-22(20-4-2-11-26-15-20)29-24-21(16-28-30(17)24)25(31)27-12-10-18-6-8-19(9-7-18)23-5-3-13-32-23/h2-5,11,13-16,18-19H,6-10,12H2,1H3,(H,27,31). The maximum absolute atomic E-state index is 12.9. The number of aromatic nitrogens is 4. The van der Waals surface area contributed by atoms with Gasteiger partial charge in [-0.05, 0) is 75.3 Å². The van der Waals surface area contributed by atoms with E-state index in [1.807, 2.05) is 31.2 Å². The van der Waals surface area contributed by atoms with E-state index in [1.54, 1.807) is 29.4 Å². The van der Waals surface area contributed by atoms with Crippen molar-refractivity contribution >= 4 is 11.6 Å². The van der Waals surface area contributed by atoms with Gasteiger partial charge >= 0.3 is 0 Å². The minimum atomic E-state index is -0.125. The van der Waals surface area contributed by atoms with Crippen LogP contribution in [0.1, 0.15) is 59.8 Å². The molecule has 1 amide bonds. The third-order valence-electron chi connectivity index (χ3n) is 6.48. The summed E-state index contributed by atoms with van der Waals surface area (Å²) in [6, 6.07) is 9.84. The average molecular weight is 430 g/mol. The summed E-state index contributed by atoms with van der Waals surface area (Å²) >= 11 is 0. The highest BCUT2D eigenvalue weighted by Gasteiger charge is 2.24. The second kappa shape index (κ2) is 8.94. The monoisotopic (exact) mass is 429 g/mol. The maximum Gasteiger partial charge on any atom is 0.256 e. The fourth-order valence-corrected chi connectivity index (χ4v) is 4.68. The van der Waals surface area contributed by atoms with E-state index in [1.165, 1.54) is 12.8 Å². The summed E-state index contributed by atoms with van der Waals surface area (Å²) in [5.74, 6) is 2.17. The van der Waals surface area contributed by atoms with Crippen molar-refractivity contribution in [2.75, 3.05) is 6.54 Å². The number of amides is 1. The quantitative estimate of drug-likeness (QED) is 0.476. The van der Waals surface area contributed by atoms with Gasteiger partial charge in [0.25, 0.3) is 5.91 Å². The Morgan fingerprint density at radius 1 is 1.19 bits per heavy atom. The lowest BCUT2D eigenvalue weighted by molar-refractivity contribution is 0.0951. The van der Waals surface area contributed by atoms with Crippen molar-refractivity contribution in [2.45, 2.75) is 44.9 Å². The molecule has 0 atom stereocenters. The molecule has 4 heterocycles. The molecule has 7 nitrogen and oxygen atoms in total. The van der Waals surface area contributed by atoms with Gasteiger partial charge in [0.1, 0.15) is 11.3 Å². The number of pyridine rings is 1. The van der Waals surface area contributed by atoms with Gasteiger partial charge in [0.05, 0.1) is 18.2 Å². The van der Waals surface area contributed by atoms with Crippen LogP contribution in [0.3, 0.4) is 0 Å². The molecular weight excluding hydrogens is 402 g/mol. The lowest BCUT2D eigenvalue weighted by Gasteiger charge is -2.27. The average Bonchev–Trinajstić information content (AvgIpc) is 3.51. The molecule has 0 aliphatic heterocycles. The SMILES string of the molecule is Cc1cc(-c2cccnc2)nc2c(C(=O)NCCC3CCC(c4ccco4)CC3)cnn12. The van der Waals surface area contributed by atoms with Crippen LogP contribution in [0.25, 0.3) is 16.9 Å². The van der Waals surface area contributed by atoms with Crippen molar-refractivity contribution in [3.05, 3.63) is 72.2 Å². The van der Waals surface area contributed by atoms with Crippen LogP contribution in [0, 0.1) is 12.8 Å². The van der Waals surface area contributed by atoms with Crippen LogP contribution in [-0.4, -0.2) is 32.0 Å². The minimum absolute atomic E-state index is 0.125. The van der Waals surface area contributed by atoms with Gasteiger partial charge in [-0.15, -0.1) is 0 Å². The van der Waals surface area contributed by atoms with Crippen LogP contribution in [-0.2, 0) is 0 Å². The van der Waals surface area contributed by atoms with Crippen LogP contribution in [0.15, 0.2) is 59.6 Å².